The Bertz CT molecular complexity index is 812. The molecule has 1 unspecified atom stereocenters. The van der Waals surface area contributed by atoms with Crippen molar-refractivity contribution in [2.24, 2.45) is 0 Å². The van der Waals surface area contributed by atoms with E-state index in [4.69, 9.17) is 11.6 Å². The van der Waals surface area contributed by atoms with Gasteiger partial charge in [-0.15, -0.1) is 0 Å². The molecular weight excluding hydrogens is 398 g/mol. The molecule has 26 heavy (non-hydrogen) atoms. The summed E-state index contributed by atoms with van der Waals surface area (Å²) in [6.45, 7) is 0.314. The zero-order valence-corrected chi connectivity index (χ0v) is 14.7. The number of amides is 1. The Morgan fingerprint density at radius 1 is 1.15 bits per heavy atom. The Hall–Kier alpha value is -1.81. The fourth-order valence-electron chi connectivity index (χ4n) is 1.78. The molecule has 2 rings (SSSR count). The molecule has 0 spiro atoms. The average molecular weight is 410 g/mol. The first-order valence-electron chi connectivity index (χ1n) is 7.01. The van der Waals surface area contributed by atoms with Crippen molar-refractivity contribution in [2.45, 2.75) is 28.5 Å². The van der Waals surface area contributed by atoms with Crippen LogP contribution in [-0.2, 0) is 16.0 Å². The largest absolute Gasteiger partial charge is 0.606 e. The summed E-state index contributed by atoms with van der Waals surface area (Å²) in [6.07, 6.45) is -5.17. The topological polar surface area (TPSA) is 72.4 Å². The van der Waals surface area contributed by atoms with E-state index in [1.807, 2.05) is 5.32 Å². The number of alkyl halides is 3. The van der Waals surface area contributed by atoms with Crippen LogP contribution in [0.2, 0.25) is 5.02 Å². The molecule has 10 heteroatoms. The van der Waals surface area contributed by atoms with Gasteiger partial charge in [-0.1, -0.05) is 11.6 Å². The van der Waals surface area contributed by atoms with Crippen LogP contribution in [0.15, 0.2) is 52.3 Å². The van der Waals surface area contributed by atoms with E-state index in [0.717, 1.165) is 18.2 Å². The summed E-state index contributed by atoms with van der Waals surface area (Å²) in [4.78, 5) is 12.2. The number of aliphatic hydroxyl groups is 1. The fourth-order valence-corrected chi connectivity index (χ4v) is 3.14. The van der Waals surface area contributed by atoms with Gasteiger partial charge in [-0.3, -0.25) is 4.79 Å². The monoisotopic (exact) mass is 409 g/mol. The van der Waals surface area contributed by atoms with Gasteiger partial charge in [0.1, 0.15) is 5.82 Å². The molecule has 0 fully saturated rings. The third-order valence-corrected chi connectivity index (χ3v) is 5.12. The van der Waals surface area contributed by atoms with Crippen molar-refractivity contribution >= 4 is 34.4 Å². The third-order valence-electron chi connectivity index (χ3n) is 3.42. The minimum absolute atomic E-state index is 0.177. The first-order chi connectivity index (χ1) is 11.9. The van der Waals surface area contributed by atoms with Crippen LogP contribution in [-0.4, -0.2) is 27.3 Å². The van der Waals surface area contributed by atoms with Crippen LogP contribution in [0.5, 0.6) is 0 Å². The van der Waals surface area contributed by atoms with Gasteiger partial charge in [0.2, 0.25) is 5.60 Å². The normalized spacial score (nSPS) is 15.2. The molecule has 0 saturated heterocycles. The quantitative estimate of drug-likeness (QED) is 0.594. The highest BCUT2D eigenvalue weighted by Gasteiger charge is 2.55. The van der Waals surface area contributed by atoms with E-state index < -0.39 is 34.7 Å². The number of nitrogens with one attached hydrogen (secondary N) is 1. The van der Waals surface area contributed by atoms with Gasteiger partial charge in [0.25, 0.3) is 5.91 Å². The molecular formula is C16H12ClF4NO3S. The van der Waals surface area contributed by atoms with E-state index in [-0.39, 0.29) is 15.6 Å². The zero-order valence-electron chi connectivity index (χ0n) is 13.1. The zero-order chi connectivity index (χ0) is 19.7. The highest BCUT2D eigenvalue weighted by molar-refractivity contribution is 7.91. The smallest absolute Gasteiger partial charge is 0.426 e. The fraction of sp³-hybridized carbons (Fsp3) is 0.188. The molecule has 0 saturated carbocycles. The van der Waals surface area contributed by atoms with Crippen LogP contribution in [0.4, 0.5) is 23.2 Å². The summed E-state index contributed by atoms with van der Waals surface area (Å²) in [5, 5.41) is 11.0. The lowest BCUT2D eigenvalue weighted by molar-refractivity contribution is -0.242. The van der Waals surface area contributed by atoms with E-state index in [1.165, 1.54) is 24.3 Å². The van der Waals surface area contributed by atoms with Gasteiger partial charge in [-0.25, -0.2) is 4.39 Å². The predicted octanol–water partition coefficient (Wildman–Crippen LogP) is 3.90. The van der Waals surface area contributed by atoms with Crippen LogP contribution in [0.1, 0.15) is 6.92 Å². The molecule has 2 aromatic rings. The molecule has 0 aliphatic rings. The van der Waals surface area contributed by atoms with Crippen LogP contribution in [0.25, 0.3) is 0 Å². The molecule has 1 amide bonds. The van der Waals surface area contributed by atoms with Crippen molar-refractivity contribution in [3.8, 4) is 0 Å². The van der Waals surface area contributed by atoms with Crippen LogP contribution < -0.4 is 5.32 Å². The second-order valence-corrected chi connectivity index (χ2v) is 7.28. The third kappa shape index (κ3) is 4.29. The standard InChI is InChI=1S/C16H12ClF4NO3S/c1-15(24,16(19,20)21)14(23)22-13-7-6-11(8-12(13)17)26(25)10-4-2-9(18)3-5-10/h2-8,24H,1H3,(H,22,23)/t15-,26?/m1/s1. The maximum atomic E-state index is 12.9. The van der Waals surface area contributed by atoms with Gasteiger partial charge in [0.15, 0.2) is 9.79 Å². The Labute approximate surface area is 154 Å². The van der Waals surface area contributed by atoms with Crippen molar-refractivity contribution in [2.75, 3.05) is 5.32 Å². The van der Waals surface area contributed by atoms with Crippen molar-refractivity contribution in [1.82, 2.24) is 0 Å². The number of rotatable bonds is 4. The van der Waals surface area contributed by atoms with Crippen molar-refractivity contribution in [3.05, 3.63) is 53.3 Å². The minimum atomic E-state index is -5.17. The van der Waals surface area contributed by atoms with E-state index in [0.29, 0.717) is 11.8 Å². The molecule has 2 N–H and O–H groups in total. The lowest BCUT2D eigenvalue weighted by Crippen LogP contribution is -2.52. The molecule has 0 aromatic heterocycles. The Morgan fingerprint density at radius 2 is 1.69 bits per heavy atom. The molecule has 0 heterocycles. The number of hydrogen-bond donors (Lipinski definition) is 2. The molecule has 2 atom stereocenters. The first kappa shape index (κ1) is 20.5. The lowest BCUT2D eigenvalue weighted by atomic mass is 10.1. The van der Waals surface area contributed by atoms with E-state index in [1.54, 1.807) is 0 Å². The predicted molar refractivity (Wildman–Crippen MR) is 87.8 cm³/mol. The van der Waals surface area contributed by atoms with Gasteiger partial charge >= 0.3 is 6.18 Å². The Morgan fingerprint density at radius 3 is 2.19 bits per heavy atom. The SMILES string of the molecule is C[C@@](O)(C(=O)Nc1ccc([S+]([O-])c2ccc(F)cc2)cc1Cl)C(F)(F)F. The summed E-state index contributed by atoms with van der Waals surface area (Å²) in [7, 11) is 0. The maximum absolute atomic E-state index is 12.9. The van der Waals surface area contributed by atoms with E-state index in [9.17, 15) is 32.0 Å². The molecule has 2 aromatic carbocycles. The van der Waals surface area contributed by atoms with Gasteiger partial charge in [0.05, 0.1) is 10.7 Å². The molecule has 4 nitrogen and oxygen atoms in total. The molecule has 0 aliphatic heterocycles. The van der Waals surface area contributed by atoms with Crippen LogP contribution in [0, 0.1) is 5.82 Å². The highest BCUT2D eigenvalue weighted by atomic mass is 35.5. The number of halogens is 5. The van der Waals surface area contributed by atoms with Crippen molar-refractivity contribution in [1.29, 1.82) is 0 Å². The second kappa shape index (κ2) is 7.43. The molecule has 140 valence electrons. The van der Waals surface area contributed by atoms with Crippen LogP contribution in [0.3, 0.4) is 0 Å². The lowest BCUT2D eigenvalue weighted by Gasteiger charge is -2.25. The number of anilines is 1. The minimum Gasteiger partial charge on any atom is -0.606 e. The van der Waals surface area contributed by atoms with Gasteiger partial charge in [-0.05, 0) is 43.3 Å². The van der Waals surface area contributed by atoms with Gasteiger partial charge in [0, 0.05) is 17.2 Å². The van der Waals surface area contributed by atoms with Crippen molar-refractivity contribution in [3.63, 3.8) is 0 Å². The second-order valence-electron chi connectivity index (χ2n) is 5.39. The number of hydrogen-bond acceptors (Lipinski definition) is 3. The summed E-state index contributed by atoms with van der Waals surface area (Å²) in [6, 6.07) is 8.52. The summed E-state index contributed by atoms with van der Waals surface area (Å²) >= 11 is 4.21. The maximum Gasteiger partial charge on any atom is 0.426 e. The average Bonchev–Trinajstić information content (AvgIpc) is 2.55. The van der Waals surface area contributed by atoms with Crippen molar-refractivity contribution < 1.29 is 32.0 Å². The first-order valence-corrected chi connectivity index (χ1v) is 8.53. The summed E-state index contributed by atoms with van der Waals surface area (Å²) in [5.74, 6) is -2.21. The summed E-state index contributed by atoms with van der Waals surface area (Å²) in [5.41, 5.74) is -3.80. The summed E-state index contributed by atoms with van der Waals surface area (Å²) < 4.78 is 63.3. The van der Waals surface area contributed by atoms with E-state index in [2.05, 4.69) is 0 Å². The Balaban J connectivity index is 2.22. The number of carbonyl (C=O) groups excluding carboxylic acids is 1. The molecule has 0 radical (unpaired) electrons. The van der Waals surface area contributed by atoms with E-state index >= 15 is 0 Å². The highest BCUT2D eigenvalue weighted by Crippen LogP contribution is 2.33. The molecule has 0 aliphatic carbocycles. The van der Waals surface area contributed by atoms with Crippen LogP contribution >= 0.6 is 11.6 Å². The number of benzene rings is 2. The van der Waals surface area contributed by atoms with Gasteiger partial charge < -0.3 is 15.0 Å². The molecule has 0 bridgehead atoms. The number of carbonyl (C=O) groups is 1. The van der Waals surface area contributed by atoms with Gasteiger partial charge in [-0.2, -0.15) is 13.2 Å². The Kier molecular flexibility index (Phi) is 5.86.